The third-order valence-electron chi connectivity index (χ3n) is 3.02. The molecule has 108 valence electrons. The zero-order chi connectivity index (χ0) is 15.6. The number of nitrogens with one attached hydrogen (secondary N) is 1. The molecule has 0 aromatic heterocycles. The lowest BCUT2D eigenvalue weighted by atomic mass is 10.1. The molecule has 0 radical (unpaired) electrons. The van der Waals surface area contributed by atoms with Gasteiger partial charge in [0.25, 0.3) is 5.91 Å². The van der Waals surface area contributed by atoms with Crippen molar-refractivity contribution in [1.82, 2.24) is 0 Å². The molecule has 6 heteroatoms. The predicted molar refractivity (Wildman–Crippen MR) is 78.5 cm³/mol. The van der Waals surface area contributed by atoms with Crippen molar-refractivity contribution in [2.24, 2.45) is 5.73 Å². The van der Waals surface area contributed by atoms with E-state index in [9.17, 15) is 14.0 Å². The highest BCUT2D eigenvalue weighted by Gasteiger charge is 2.13. The number of primary amides is 1. The third kappa shape index (κ3) is 3.17. The molecule has 2 aromatic rings. The molecule has 2 aromatic carbocycles. The summed E-state index contributed by atoms with van der Waals surface area (Å²) < 4.78 is 13.2. The smallest absolute Gasteiger partial charge is 0.257 e. The van der Waals surface area contributed by atoms with Crippen LogP contribution in [0.15, 0.2) is 36.4 Å². The Hall–Kier alpha value is -2.89. The summed E-state index contributed by atoms with van der Waals surface area (Å²) in [4.78, 5) is 23.2. The quantitative estimate of drug-likeness (QED) is 0.753. The number of anilines is 2. The number of halogens is 1. The minimum atomic E-state index is -0.551. The van der Waals surface area contributed by atoms with Gasteiger partial charge in [-0.2, -0.15) is 0 Å². The second kappa shape index (κ2) is 5.62. The summed E-state index contributed by atoms with van der Waals surface area (Å²) in [5, 5.41) is 2.62. The molecule has 5 N–H and O–H groups in total. The molecule has 0 saturated carbocycles. The highest BCUT2D eigenvalue weighted by molar-refractivity contribution is 6.08. The van der Waals surface area contributed by atoms with E-state index in [0.29, 0.717) is 16.8 Å². The van der Waals surface area contributed by atoms with Crippen LogP contribution in [-0.2, 0) is 0 Å². The molecule has 0 spiro atoms. The van der Waals surface area contributed by atoms with Crippen molar-refractivity contribution in [3.8, 4) is 0 Å². The number of benzene rings is 2. The molecule has 0 unspecified atom stereocenters. The maximum Gasteiger partial charge on any atom is 0.257 e. The first-order valence-corrected chi connectivity index (χ1v) is 6.15. The maximum absolute atomic E-state index is 13.2. The van der Waals surface area contributed by atoms with Crippen molar-refractivity contribution >= 4 is 23.2 Å². The number of amides is 2. The van der Waals surface area contributed by atoms with Gasteiger partial charge in [0.1, 0.15) is 5.82 Å². The van der Waals surface area contributed by atoms with Crippen molar-refractivity contribution in [1.29, 1.82) is 0 Å². The fourth-order valence-electron chi connectivity index (χ4n) is 1.87. The van der Waals surface area contributed by atoms with Crippen LogP contribution in [0.5, 0.6) is 0 Å². The lowest BCUT2D eigenvalue weighted by molar-refractivity contribution is 0.0998. The fourth-order valence-corrected chi connectivity index (χ4v) is 1.87. The van der Waals surface area contributed by atoms with Gasteiger partial charge in [-0.05, 0) is 48.9 Å². The largest absolute Gasteiger partial charge is 0.398 e. The van der Waals surface area contributed by atoms with Crippen LogP contribution in [0.2, 0.25) is 0 Å². The fraction of sp³-hybridized carbons (Fsp3) is 0.0667. The molecular weight excluding hydrogens is 273 g/mol. The van der Waals surface area contributed by atoms with Crippen LogP contribution < -0.4 is 16.8 Å². The van der Waals surface area contributed by atoms with E-state index in [-0.39, 0.29) is 11.3 Å². The molecule has 0 atom stereocenters. The molecule has 2 rings (SSSR count). The standard InChI is InChI=1S/C15H14FN3O2/c1-8-6-9(14(18)20)2-5-13(8)19-15(21)11-7-10(16)3-4-12(11)17/h2-7H,17H2,1H3,(H2,18,20)(H,19,21). The van der Waals surface area contributed by atoms with Gasteiger partial charge in [0, 0.05) is 16.9 Å². The van der Waals surface area contributed by atoms with E-state index in [0.717, 1.165) is 6.07 Å². The van der Waals surface area contributed by atoms with Crippen LogP contribution in [0.3, 0.4) is 0 Å². The lowest BCUT2D eigenvalue weighted by Gasteiger charge is -2.10. The molecule has 0 fully saturated rings. The van der Waals surface area contributed by atoms with Crippen LogP contribution in [0.1, 0.15) is 26.3 Å². The summed E-state index contributed by atoms with van der Waals surface area (Å²) in [5.74, 6) is -1.62. The SMILES string of the molecule is Cc1cc(C(N)=O)ccc1NC(=O)c1cc(F)ccc1N. The number of carbonyl (C=O) groups is 2. The van der Waals surface area contributed by atoms with Crippen LogP contribution in [0.25, 0.3) is 0 Å². The molecule has 0 saturated heterocycles. The maximum atomic E-state index is 13.2. The molecule has 5 nitrogen and oxygen atoms in total. The van der Waals surface area contributed by atoms with Gasteiger partial charge in [0.2, 0.25) is 5.91 Å². The number of carbonyl (C=O) groups excluding carboxylic acids is 2. The Labute approximate surface area is 120 Å². The first-order valence-electron chi connectivity index (χ1n) is 6.15. The van der Waals surface area contributed by atoms with E-state index in [1.807, 2.05) is 0 Å². The van der Waals surface area contributed by atoms with Crippen LogP contribution >= 0.6 is 0 Å². The van der Waals surface area contributed by atoms with Gasteiger partial charge in [0.05, 0.1) is 5.56 Å². The van der Waals surface area contributed by atoms with Gasteiger partial charge in [-0.1, -0.05) is 0 Å². The molecule has 0 aliphatic carbocycles. The normalized spacial score (nSPS) is 10.2. The number of hydrogen-bond acceptors (Lipinski definition) is 3. The second-order valence-electron chi connectivity index (χ2n) is 4.58. The van der Waals surface area contributed by atoms with E-state index in [4.69, 9.17) is 11.5 Å². The minimum absolute atomic E-state index is 0.0494. The molecule has 0 bridgehead atoms. The van der Waals surface area contributed by atoms with Crippen molar-refractivity contribution in [2.45, 2.75) is 6.92 Å². The van der Waals surface area contributed by atoms with Gasteiger partial charge in [-0.15, -0.1) is 0 Å². The Bertz CT molecular complexity index is 729. The second-order valence-corrected chi connectivity index (χ2v) is 4.58. The van der Waals surface area contributed by atoms with Crippen LogP contribution in [-0.4, -0.2) is 11.8 Å². The van der Waals surface area contributed by atoms with Crippen LogP contribution in [0, 0.1) is 12.7 Å². The summed E-state index contributed by atoms with van der Waals surface area (Å²) in [6.07, 6.45) is 0. The first-order chi connectivity index (χ1) is 9.88. The number of aryl methyl sites for hydroxylation is 1. The Kier molecular flexibility index (Phi) is 3.89. The van der Waals surface area contributed by atoms with Crippen molar-refractivity contribution in [3.05, 3.63) is 58.9 Å². The highest BCUT2D eigenvalue weighted by Crippen LogP contribution is 2.20. The lowest BCUT2D eigenvalue weighted by Crippen LogP contribution is -2.16. The molecule has 2 amide bonds. The van der Waals surface area contributed by atoms with E-state index in [2.05, 4.69) is 5.32 Å². The average molecular weight is 287 g/mol. The number of hydrogen-bond donors (Lipinski definition) is 3. The third-order valence-corrected chi connectivity index (χ3v) is 3.02. The van der Waals surface area contributed by atoms with Gasteiger partial charge in [0.15, 0.2) is 0 Å². The van der Waals surface area contributed by atoms with E-state index in [1.54, 1.807) is 19.1 Å². The molecule has 0 aliphatic heterocycles. The predicted octanol–water partition coefficient (Wildman–Crippen LogP) is 2.07. The Morgan fingerprint density at radius 1 is 1.14 bits per heavy atom. The molecule has 0 heterocycles. The summed E-state index contributed by atoms with van der Waals surface area (Å²) >= 11 is 0. The monoisotopic (exact) mass is 287 g/mol. The van der Waals surface area contributed by atoms with E-state index < -0.39 is 17.6 Å². The summed E-state index contributed by atoms with van der Waals surface area (Å²) in [5.41, 5.74) is 12.6. The first kappa shape index (κ1) is 14.5. The number of rotatable bonds is 3. The highest BCUT2D eigenvalue weighted by atomic mass is 19.1. The topological polar surface area (TPSA) is 98.2 Å². The average Bonchev–Trinajstić information content (AvgIpc) is 2.43. The Morgan fingerprint density at radius 3 is 2.48 bits per heavy atom. The van der Waals surface area contributed by atoms with Gasteiger partial charge in [-0.25, -0.2) is 4.39 Å². The van der Waals surface area contributed by atoms with E-state index in [1.165, 1.54) is 18.2 Å². The van der Waals surface area contributed by atoms with Crippen molar-refractivity contribution < 1.29 is 14.0 Å². The van der Waals surface area contributed by atoms with Crippen molar-refractivity contribution in [3.63, 3.8) is 0 Å². The summed E-state index contributed by atoms with van der Waals surface area (Å²) in [7, 11) is 0. The van der Waals surface area contributed by atoms with Gasteiger partial charge in [-0.3, -0.25) is 9.59 Å². The zero-order valence-electron chi connectivity index (χ0n) is 11.3. The van der Waals surface area contributed by atoms with Gasteiger partial charge >= 0.3 is 0 Å². The molecule has 0 aliphatic rings. The Balaban J connectivity index is 2.27. The van der Waals surface area contributed by atoms with Crippen LogP contribution in [0.4, 0.5) is 15.8 Å². The minimum Gasteiger partial charge on any atom is -0.398 e. The summed E-state index contributed by atoms with van der Waals surface area (Å²) in [6, 6.07) is 8.19. The zero-order valence-corrected chi connectivity index (χ0v) is 11.3. The van der Waals surface area contributed by atoms with Gasteiger partial charge < -0.3 is 16.8 Å². The Morgan fingerprint density at radius 2 is 1.86 bits per heavy atom. The molecule has 21 heavy (non-hydrogen) atoms. The number of nitrogens with two attached hydrogens (primary N) is 2. The number of nitrogen functional groups attached to an aromatic ring is 1. The summed E-state index contributed by atoms with van der Waals surface area (Å²) in [6.45, 7) is 1.72. The molecular formula is C15H14FN3O2. The van der Waals surface area contributed by atoms with Crippen molar-refractivity contribution in [2.75, 3.05) is 11.1 Å². The van der Waals surface area contributed by atoms with E-state index >= 15 is 0 Å².